The number of nitrogens with one attached hydrogen (secondary N) is 1. The molecule has 0 aromatic carbocycles. The summed E-state index contributed by atoms with van der Waals surface area (Å²) in [5.74, 6) is 0.868. The Balaban J connectivity index is 0.000000605. The average Bonchev–Trinajstić information content (AvgIpc) is 1.72. The van der Waals surface area contributed by atoms with Gasteiger partial charge in [-0.2, -0.15) is 0 Å². The first-order valence-electron chi connectivity index (χ1n) is 4.04. The van der Waals surface area contributed by atoms with E-state index < -0.39 is 0 Å². The maximum absolute atomic E-state index is 5.09. The fraction of sp³-hybridized carbons (Fsp3) is 1.00. The van der Waals surface area contributed by atoms with E-state index in [1.165, 1.54) is 25.9 Å². The maximum atomic E-state index is 5.09. The Kier molecular flexibility index (Phi) is 2.79. The number of ether oxygens (including phenoxy) is 1. The SMILES string of the molecule is COCC1CC2(CNC2)C1.Cl. The Morgan fingerprint density at radius 3 is 2.45 bits per heavy atom. The van der Waals surface area contributed by atoms with E-state index in [2.05, 4.69) is 5.32 Å². The molecule has 2 aliphatic rings. The van der Waals surface area contributed by atoms with Gasteiger partial charge in [-0.25, -0.2) is 0 Å². The Morgan fingerprint density at radius 2 is 2.09 bits per heavy atom. The molecule has 11 heavy (non-hydrogen) atoms. The quantitative estimate of drug-likeness (QED) is 0.681. The van der Waals surface area contributed by atoms with E-state index in [1.807, 2.05) is 0 Å². The van der Waals surface area contributed by atoms with Crippen LogP contribution >= 0.6 is 12.4 Å². The van der Waals surface area contributed by atoms with Crippen LogP contribution < -0.4 is 5.32 Å². The van der Waals surface area contributed by atoms with E-state index in [0.717, 1.165) is 17.9 Å². The lowest BCUT2D eigenvalue weighted by Gasteiger charge is -2.54. The van der Waals surface area contributed by atoms with Crippen LogP contribution in [0.25, 0.3) is 0 Å². The zero-order valence-electron chi connectivity index (χ0n) is 6.93. The second-order valence-electron chi connectivity index (χ2n) is 3.83. The van der Waals surface area contributed by atoms with Crippen molar-refractivity contribution in [1.29, 1.82) is 0 Å². The van der Waals surface area contributed by atoms with Crippen LogP contribution in [-0.4, -0.2) is 26.8 Å². The van der Waals surface area contributed by atoms with Gasteiger partial charge < -0.3 is 10.1 Å². The molecule has 0 bridgehead atoms. The van der Waals surface area contributed by atoms with Crippen LogP contribution in [-0.2, 0) is 4.74 Å². The minimum absolute atomic E-state index is 0. The van der Waals surface area contributed by atoms with Crippen LogP contribution in [0.2, 0.25) is 0 Å². The Bertz CT molecular complexity index is 128. The zero-order valence-corrected chi connectivity index (χ0v) is 7.75. The summed E-state index contributed by atoms with van der Waals surface area (Å²) in [5.41, 5.74) is 0.725. The van der Waals surface area contributed by atoms with Crippen molar-refractivity contribution in [2.45, 2.75) is 12.8 Å². The van der Waals surface area contributed by atoms with Crippen molar-refractivity contribution >= 4 is 12.4 Å². The monoisotopic (exact) mass is 177 g/mol. The van der Waals surface area contributed by atoms with E-state index in [9.17, 15) is 0 Å². The van der Waals surface area contributed by atoms with Gasteiger partial charge in [-0.1, -0.05) is 0 Å². The summed E-state index contributed by atoms with van der Waals surface area (Å²) in [6.07, 6.45) is 2.79. The molecule has 0 aromatic rings. The summed E-state index contributed by atoms with van der Waals surface area (Å²) in [7, 11) is 1.80. The third-order valence-electron chi connectivity index (χ3n) is 2.85. The highest BCUT2D eigenvalue weighted by Gasteiger charge is 2.47. The van der Waals surface area contributed by atoms with Crippen molar-refractivity contribution in [2.24, 2.45) is 11.3 Å². The van der Waals surface area contributed by atoms with E-state index >= 15 is 0 Å². The smallest absolute Gasteiger partial charge is 0.0490 e. The van der Waals surface area contributed by atoms with E-state index in [1.54, 1.807) is 7.11 Å². The molecule has 1 aliphatic carbocycles. The van der Waals surface area contributed by atoms with Crippen LogP contribution in [0.15, 0.2) is 0 Å². The molecule has 0 radical (unpaired) electrons. The van der Waals surface area contributed by atoms with Crippen LogP contribution in [0.4, 0.5) is 0 Å². The van der Waals surface area contributed by atoms with Gasteiger partial charge >= 0.3 is 0 Å². The number of methoxy groups -OCH3 is 1. The molecule has 1 heterocycles. The third-order valence-corrected chi connectivity index (χ3v) is 2.85. The summed E-state index contributed by atoms with van der Waals surface area (Å²) in [4.78, 5) is 0. The molecule has 1 saturated heterocycles. The molecule has 1 saturated carbocycles. The van der Waals surface area contributed by atoms with Crippen molar-refractivity contribution < 1.29 is 4.74 Å². The number of rotatable bonds is 2. The van der Waals surface area contributed by atoms with Crippen molar-refractivity contribution in [3.63, 3.8) is 0 Å². The van der Waals surface area contributed by atoms with Crippen molar-refractivity contribution in [3.8, 4) is 0 Å². The molecular weight excluding hydrogens is 162 g/mol. The summed E-state index contributed by atoms with van der Waals surface area (Å²) >= 11 is 0. The first-order chi connectivity index (χ1) is 4.85. The van der Waals surface area contributed by atoms with Gasteiger partial charge in [0.15, 0.2) is 0 Å². The second-order valence-corrected chi connectivity index (χ2v) is 3.83. The molecule has 0 aromatic heterocycles. The predicted octanol–water partition coefficient (Wildman–Crippen LogP) is 1.05. The molecule has 0 unspecified atom stereocenters. The van der Waals surface area contributed by atoms with Crippen molar-refractivity contribution in [1.82, 2.24) is 5.32 Å². The van der Waals surface area contributed by atoms with Gasteiger partial charge in [0.25, 0.3) is 0 Å². The summed E-state index contributed by atoms with van der Waals surface area (Å²) < 4.78 is 5.09. The molecule has 0 amide bonds. The normalized spacial score (nSPS) is 27.0. The topological polar surface area (TPSA) is 21.3 Å². The average molecular weight is 178 g/mol. The van der Waals surface area contributed by atoms with Gasteiger partial charge in [0.05, 0.1) is 0 Å². The van der Waals surface area contributed by atoms with Gasteiger partial charge in [0.2, 0.25) is 0 Å². The van der Waals surface area contributed by atoms with Crippen LogP contribution in [0.3, 0.4) is 0 Å². The molecule has 1 spiro atoms. The minimum Gasteiger partial charge on any atom is -0.384 e. The van der Waals surface area contributed by atoms with Gasteiger partial charge in [-0.15, -0.1) is 12.4 Å². The lowest BCUT2D eigenvalue weighted by atomic mass is 9.59. The standard InChI is InChI=1S/C8H15NO.ClH/c1-10-4-7-2-8(3-7)5-9-6-8;/h7,9H,2-6H2,1H3;1H. The van der Waals surface area contributed by atoms with E-state index in [-0.39, 0.29) is 12.4 Å². The lowest BCUT2D eigenvalue weighted by Crippen LogP contribution is -2.60. The predicted molar refractivity (Wildman–Crippen MR) is 47.2 cm³/mol. The van der Waals surface area contributed by atoms with Gasteiger partial charge in [-0.05, 0) is 24.2 Å². The molecule has 3 heteroatoms. The summed E-state index contributed by atoms with van der Waals surface area (Å²) in [6.45, 7) is 3.49. The Hall–Kier alpha value is 0.210. The largest absolute Gasteiger partial charge is 0.384 e. The highest BCUT2D eigenvalue weighted by atomic mass is 35.5. The van der Waals surface area contributed by atoms with Gasteiger partial charge in [0, 0.05) is 26.8 Å². The molecule has 1 N–H and O–H groups in total. The summed E-state index contributed by atoms with van der Waals surface area (Å²) in [5, 5.41) is 3.33. The Labute approximate surface area is 74.1 Å². The fourth-order valence-corrected chi connectivity index (χ4v) is 2.29. The Morgan fingerprint density at radius 1 is 1.45 bits per heavy atom. The highest BCUT2D eigenvalue weighted by Crippen LogP contribution is 2.48. The summed E-state index contributed by atoms with van der Waals surface area (Å²) in [6, 6.07) is 0. The molecule has 1 aliphatic heterocycles. The zero-order chi connectivity index (χ0) is 7.03. The molecule has 2 fully saturated rings. The number of hydrogen-bond donors (Lipinski definition) is 1. The third kappa shape index (κ3) is 1.53. The molecule has 66 valence electrons. The highest BCUT2D eigenvalue weighted by molar-refractivity contribution is 5.85. The lowest BCUT2D eigenvalue weighted by molar-refractivity contribution is -0.0342. The fourth-order valence-electron chi connectivity index (χ4n) is 2.29. The van der Waals surface area contributed by atoms with Crippen molar-refractivity contribution in [2.75, 3.05) is 26.8 Å². The first kappa shape index (κ1) is 9.30. The molecular formula is C8H16ClNO. The van der Waals surface area contributed by atoms with Gasteiger partial charge in [-0.3, -0.25) is 0 Å². The molecule has 0 atom stereocenters. The maximum Gasteiger partial charge on any atom is 0.0490 e. The van der Waals surface area contributed by atoms with Crippen molar-refractivity contribution in [3.05, 3.63) is 0 Å². The first-order valence-corrected chi connectivity index (χ1v) is 4.04. The van der Waals surface area contributed by atoms with Crippen LogP contribution in [0, 0.1) is 11.3 Å². The van der Waals surface area contributed by atoms with Gasteiger partial charge in [0.1, 0.15) is 0 Å². The van der Waals surface area contributed by atoms with Crippen LogP contribution in [0.1, 0.15) is 12.8 Å². The molecule has 2 rings (SSSR count). The van der Waals surface area contributed by atoms with E-state index in [0.29, 0.717) is 0 Å². The van der Waals surface area contributed by atoms with E-state index in [4.69, 9.17) is 4.74 Å². The molecule has 2 nitrogen and oxygen atoms in total. The minimum atomic E-state index is 0. The second kappa shape index (κ2) is 3.30. The van der Waals surface area contributed by atoms with Crippen LogP contribution in [0.5, 0.6) is 0 Å². The number of halogens is 1. The number of hydrogen-bond acceptors (Lipinski definition) is 2.